The molecule has 0 amide bonds. The third-order valence-electron chi connectivity index (χ3n) is 3.13. The van der Waals surface area contributed by atoms with Crippen molar-refractivity contribution in [3.05, 3.63) is 59.9 Å². The molecule has 0 spiro atoms. The zero-order valence-electron chi connectivity index (χ0n) is 11.0. The lowest BCUT2D eigenvalue weighted by molar-refractivity contribution is 1.00. The van der Waals surface area contributed by atoms with Gasteiger partial charge < -0.3 is 11.1 Å². The standard InChI is InChI=1S/C15H15N5/c16-9-11-3-1-2-4-12(11)10-19-14-6-5-13-15(20-14)18-8-7-17-13/h1-8H,9-10,16H2,(H,18,19,20). The molecule has 0 aliphatic carbocycles. The molecule has 0 aliphatic rings. The van der Waals surface area contributed by atoms with Crippen LogP contribution in [0.15, 0.2) is 48.8 Å². The van der Waals surface area contributed by atoms with Crippen molar-refractivity contribution in [3.8, 4) is 0 Å². The first-order valence-electron chi connectivity index (χ1n) is 6.45. The highest BCUT2D eigenvalue weighted by Gasteiger charge is 2.02. The molecule has 1 aromatic carbocycles. The van der Waals surface area contributed by atoms with Gasteiger partial charge in [0.05, 0.1) is 0 Å². The van der Waals surface area contributed by atoms with E-state index in [1.807, 2.05) is 30.3 Å². The van der Waals surface area contributed by atoms with E-state index in [0.717, 1.165) is 16.9 Å². The second-order valence-corrected chi connectivity index (χ2v) is 4.42. The minimum Gasteiger partial charge on any atom is -0.366 e. The molecule has 0 bridgehead atoms. The SMILES string of the molecule is NCc1ccccc1CNc1ccc2nccnc2n1. The van der Waals surface area contributed by atoms with E-state index in [9.17, 15) is 0 Å². The first kappa shape index (κ1) is 12.5. The van der Waals surface area contributed by atoms with Crippen LogP contribution in [0.5, 0.6) is 0 Å². The van der Waals surface area contributed by atoms with Crippen LogP contribution in [0, 0.1) is 0 Å². The van der Waals surface area contributed by atoms with Crippen LogP contribution in [0.1, 0.15) is 11.1 Å². The van der Waals surface area contributed by atoms with Crippen LogP contribution >= 0.6 is 0 Å². The Hall–Kier alpha value is -2.53. The van der Waals surface area contributed by atoms with Crippen LogP contribution in [0.4, 0.5) is 5.82 Å². The third-order valence-corrected chi connectivity index (χ3v) is 3.13. The summed E-state index contributed by atoms with van der Waals surface area (Å²) in [4.78, 5) is 12.8. The number of benzene rings is 1. The molecular formula is C15H15N5. The molecule has 0 unspecified atom stereocenters. The van der Waals surface area contributed by atoms with Crippen LogP contribution in [0.25, 0.3) is 11.2 Å². The third kappa shape index (κ3) is 2.57. The van der Waals surface area contributed by atoms with Crippen LogP contribution in [-0.4, -0.2) is 15.0 Å². The number of rotatable bonds is 4. The van der Waals surface area contributed by atoms with Gasteiger partial charge >= 0.3 is 0 Å². The Morgan fingerprint density at radius 3 is 2.60 bits per heavy atom. The van der Waals surface area contributed by atoms with Gasteiger partial charge in [0.2, 0.25) is 0 Å². The monoisotopic (exact) mass is 265 g/mol. The zero-order valence-corrected chi connectivity index (χ0v) is 11.0. The van der Waals surface area contributed by atoms with Crippen molar-refractivity contribution in [3.63, 3.8) is 0 Å². The van der Waals surface area contributed by atoms with Crippen LogP contribution < -0.4 is 11.1 Å². The molecule has 0 saturated heterocycles. The molecule has 3 N–H and O–H groups in total. The van der Waals surface area contributed by atoms with Crippen molar-refractivity contribution < 1.29 is 0 Å². The van der Waals surface area contributed by atoms with Gasteiger partial charge in [0.15, 0.2) is 5.65 Å². The number of hydrogen-bond acceptors (Lipinski definition) is 5. The van der Waals surface area contributed by atoms with Crippen molar-refractivity contribution in [2.75, 3.05) is 5.32 Å². The van der Waals surface area contributed by atoms with Gasteiger partial charge in [0.25, 0.3) is 0 Å². The molecule has 0 fully saturated rings. The molecule has 0 atom stereocenters. The average Bonchev–Trinajstić information content (AvgIpc) is 2.53. The Kier molecular flexibility index (Phi) is 3.52. The summed E-state index contributed by atoms with van der Waals surface area (Å²) in [6, 6.07) is 11.9. The normalized spacial score (nSPS) is 10.7. The maximum atomic E-state index is 5.73. The highest BCUT2D eigenvalue weighted by Crippen LogP contribution is 2.13. The number of anilines is 1. The van der Waals surface area contributed by atoms with E-state index in [-0.39, 0.29) is 0 Å². The molecule has 100 valence electrons. The summed E-state index contributed by atoms with van der Waals surface area (Å²) in [6.45, 7) is 1.22. The number of fused-ring (bicyclic) bond motifs is 1. The largest absolute Gasteiger partial charge is 0.366 e. The van der Waals surface area contributed by atoms with E-state index in [2.05, 4.69) is 26.3 Å². The van der Waals surface area contributed by atoms with Crippen molar-refractivity contribution in [2.24, 2.45) is 5.73 Å². The molecule has 3 aromatic rings. The van der Waals surface area contributed by atoms with Crippen molar-refractivity contribution >= 4 is 17.0 Å². The molecule has 5 nitrogen and oxygen atoms in total. The molecule has 20 heavy (non-hydrogen) atoms. The Bertz CT molecular complexity index is 726. The van der Waals surface area contributed by atoms with Crippen molar-refractivity contribution in [2.45, 2.75) is 13.1 Å². The number of nitrogens with zero attached hydrogens (tertiary/aromatic N) is 3. The number of nitrogens with one attached hydrogen (secondary N) is 1. The van der Waals surface area contributed by atoms with Gasteiger partial charge in [-0.15, -0.1) is 0 Å². The van der Waals surface area contributed by atoms with E-state index in [1.165, 1.54) is 5.56 Å². The van der Waals surface area contributed by atoms with Gasteiger partial charge in [-0.25, -0.2) is 9.97 Å². The molecule has 3 rings (SSSR count). The lowest BCUT2D eigenvalue weighted by Crippen LogP contribution is -2.07. The Labute approximate surface area is 116 Å². The first-order chi connectivity index (χ1) is 9.86. The molecule has 5 heteroatoms. The summed E-state index contributed by atoms with van der Waals surface area (Å²) in [5.41, 5.74) is 9.48. The quantitative estimate of drug-likeness (QED) is 0.755. The number of hydrogen-bond donors (Lipinski definition) is 2. The van der Waals surface area contributed by atoms with Gasteiger partial charge in [0, 0.05) is 25.5 Å². The van der Waals surface area contributed by atoms with Gasteiger partial charge in [0.1, 0.15) is 11.3 Å². The summed E-state index contributed by atoms with van der Waals surface area (Å²) in [7, 11) is 0. The molecule has 0 radical (unpaired) electrons. The van der Waals surface area contributed by atoms with E-state index >= 15 is 0 Å². The fourth-order valence-corrected chi connectivity index (χ4v) is 2.07. The fourth-order valence-electron chi connectivity index (χ4n) is 2.07. The predicted octanol–water partition coefficient (Wildman–Crippen LogP) is 2.10. The maximum absolute atomic E-state index is 5.73. The number of aromatic nitrogens is 3. The lowest BCUT2D eigenvalue weighted by atomic mass is 10.1. The minimum absolute atomic E-state index is 0.536. The summed E-state index contributed by atoms with van der Waals surface area (Å²) < 4.78 is 0. The topological polar surface area (TPSA) is 76.7 Å². The molecule has 0 saturated carbocycles. The summed E-state index contributed by atoms with van der Waals surface area (Å²) in [5.74, 6) is 0.782. The van der Waals surface area contributed by atoms with E-state index in [0.29, 0.717) is 18.7 Å². The van der Waals surface area contributed by atoms with Crippen LogP contribution in [-0.2, 0) is 13.1 Å². The van der Waals surface area contributed by atoms with Gasteiger partial charge in [-0.2, -0.15) is 0 Å². The Balaban J connectivity index is 1.79. The predicted molar refractivity (Wildman–Crippen MR) is 79.0 cm³/mol. The first-order valence-corrected chi connectivity index (χ1v) is 6.45. The minimum atomic E-state index is 0.536. The molecule has 2 aromatic heterocycles. The smallest absolute Gasteiger partial charge is 0.180 e. The number of pyridine rings is 1. The second-order valence-electron chi connectivity index (χ2n) is 4.42. The average molecular weight is 265 g/mol. The Morgan fingerprint density at radius 2 is 1.75 bits per heavy atom. The van der Waals surface area contributed by atoms with Crippen molar-refractivity contribution in [1.82, 2.24) is 15.0 Å². The van der Waals surface area contributed by atoms with Gasteiger partial charge in [-0.3, -0.25) is 4.98 Å². The lowest BCUT2D eigenvalue weighted by Gasteiger charge is -2.09. The highest BCUT2D eigenvalue weighted by atomic mass is 15.0. The zero-order chi connectivity index (χ0) is 13.8. The summed E-state index contributed by atoms with van der Waals surface area (Å²) in [5, 5.41) is 3.29. The summed E-state index contributed by atoms with van der Waals surface area (Å²) >= 11 is 0. The van der Waals surface area contributed by atoms with E-state index in [4.69, 9.17) is 5.73 Å². The molecule has 2 heterocycles. The number of nitrogens with two attached hydrogens (primary N) is 1. The van der Waals surface area contributed by atoms with E-state index < -0.39 is 0 Å². The summed E-state index contributed by atoms with van der Waals surface area (Å²) in [6.07, 6.45) is 3.30. The highest BCUT2D eigenvalue weighted by molar-refractivity contribution is 5.71. The van der Waals surface area contributed by atoms with Gasteiger partial charge in [-0.1, -0.05) is 24.3 Å². The fraction of sp³-hybridized carbons (Fsp3) is 0.133. The van der Waals surface area contributed by atoms with E-state index in [1.54, 1.807) is 12.4 Å². The molecule has 0 aliphatic heterocycles. The molecular weight excluding hydrogens is 250 g/mol. The van der Waals surface area contributed by atoms with Crippen molar-refractivity contribution in [1.29, 1.82) is 0 Å². The second kappa shape index (κ2) is 5.63. The van der Waals surface area contributed by atoms with Gasteiger partial charge in [-0.05, 0) is 23.3 Å². The van der Waals surface area contributed by atoms with Crippen LogP contribution in [0.2, 0.25) is 0 Å². The van der Waals surface area contributed by atoms with Crippen LogP contribution in [0.3, 0.4) is 0 Å². The Morgan fingerprint density at radius 1 is 0.950 bits per heavy atom. The maximum Gasteiger partial charge on any atom is 0.180 e.